The van der Waals surface area contributed by atoms with Crippen LogP contribution < -0.4 is 4.74 Å². The average molecular weight is 350 g/mol. The number of ether oxygens (including phenoxy) is 1. The molecule has 0 spiro atoms. The Morgan fingerprint density at radius 1 is 1.52 bits per heavy atom. The SMILES string of the molecule is C=CCOc1ccc(C2=CCC(Br)C(=O)N2CC)c(C)c1. The van der Waals surface area contributed by atoms with Crippen molar-refractivity contribution in [2.45, 2.75) is 25.1 Å². The first-order valence-corrected chi connectivity index (χ1v) is 8.00. The monoisotopic (exact) mass is 349 g/mol. The molecular weight excluding hydrogens is 330 g/mol. The summed E-state index contributed by atoms with van der Waals surface area (Å²) in [5, 5.41) is 0. The van der Waals surface area contributed by atoms with Crippen LogP contribution in [0.3, 0.4) is 0 Å². The molecule has 1 atom stereocenters. The minimum Gasteiger partial charge on any atom is -0.490 e. The van der Waals surface area contributed by atoms with Crippen LogP contribution in [0.4, 0.5) is 0 Å². The molecule has 21 heavy (non-hydrogen) atoms. The number of nitrogens with zero attached hydrogens (tertiary/aromatic N) is 1. The molecule has 112 valence electrons. The summed E-state index contributed by atoms with van der Waals surface area (Å²) >= 11 is 3.43. The van der Waals surface area contributed by atoms with E-state index in [1.165, 1.54) is 0 Å². The fraction of sp³-hybridized carbons (Fsp3) is 0.353. The topological polar surface area (TPSA) is 29.5 Å². The molecule has 0 saturated carbocycles. The molecule has 3 nitrogen and oxygen atoms in total. The number of rotatable bonds is 5. The van der Waals surface area contributed by atoms with Crippen molar-refractivity contribution in [1.82, 2.24) is 4.90 Å². The van der Waals surface area contributed by atoms with E-state index < -0.39 is 0 Å². The highest BCUT2D eigenvalue weighted by Gasteiger charge is 2.28. The molecule has 2 rings (SSSR count). The van der Waals surface area contributed by atoms with Gasteiger partial charge in [0.05, 0.1) is 4.83 Å². The maximum atomic E-state index is 12.3. The van der Waals surface area contributed by atoms with Crippen LogP contribution in [0.5, 0.6) is 5.75 Å². The highest BCUT2D eigenvalue weighted by Crippen LogP contribution is 2.31. The van der Waals surface area contributed by atoms with E-state index in [4.69, 9.17) is 4.74 Å². The molecule has 1 amide bonds. The lowest BCUT2D eigenvalue weighted by atomic mass is 10.00. The Morgan fingerprint density at radius 2 is 2.29 bits per heavy atom. The number of hydrogen-bond acceptors (Lipinski definition) is 2. The van der Waals surface area contributed by atoms with E-state index >= 15 is 0 Å². The van der Waals surface area contributed by atoms with Gasteiger partial charge >= 0.3 is 0 Å². The number of amides is 1. The minimum absolute atomic E-state index is 0.114. The van der Waals surface area contributed by atoms with Gasteiger partial charge in [0.25, 0.3) is 0 Å². The standard InChI is InChI=1S/C17H20BrNO2/c1-4-10-21-13-6-7-14(12(3)11-13)16-9-8-15(18)17(20)19(16)5-2/h4,6-7,9,11,15H,1,5,8,10H2,2-3H3. The lowest BCUT2D eigenvalue weighted by molar-refractivity contribution is -0.127. The van der Waals surface area contributed by atoms with Crippen LogP contribution in [0.2, 0.25) is 0 Å². The van der Waals surface area contributed by atoms with E-state index in [-0.39, 0.29) is 10.7 Å². The molecule has 1 unspecified atom stereocenters. The van der Waals surface area contributed by atoms with Gasteiger partial charge in [0.2, 0.25) is 5.91 Å². The lowest BCUT2D eigenvalue weighted by Gasteiger charge is -2.31. The molecule has 1 aromatic carbocycles. The lowest BCUT2D eigenvalue weighted by Crippen LogP contribution is -2.38. The van der Waals surface area contributed by atoms with Crippen LogP contribution in [0.25, 0.3) is 5.70 Å². The van der Waals surface area contributed by atoms with Crippen molar-refractivity contribution < 1.29 is 9.53 Å². The van der Waals surface area contributed by atoms with Gasteiger partial charge in [-0.05, 0) is 44.0 Å². The number of carbonyl (C=O) groups is 1. The maximum Gasteiger partial charge on any atom is 0.241 e. The third-order valence-electron chi connectivity index (χ3n) is 3.50. The normalized spacial score (nSPS) is 18.4. The first-order chi connectivity index (χ1) is 10.1. The Hall–Kier alpha value is -1.55. The highest BCUT2D eigenvalue weighted by molar-refractivity contribution is 9.10. The van der Waals surface area contributed by atoms with Gasteiger partial charge in [-0.3, -0.25) is 4.79 Å². The van der Waals surface area contributed by atoms with Gasteiger partial charge in [0, 0.05) is 17.8 Å². The van der Waals surface area contributed by atoms with Crippen molar-refractivity contribution in [2.24, 2.45) is 0 Å². The van der Waals surface area contributed by atoms with E-state index in [0.717, 1.165) is 29.0 Å². The molecule has 1 heterocycles. The molecule has 1 aliphatic heterocycles. The Labute approximate surface area is 134 Å². The molecule has 1 aliphatic rings. The summed E-state index contributed by atoms with van der Waals surface area (Å²) in [5.74, 6) is 0.946. The van der Waals surface area contributed by atoms with Crippen LogP contribution in [0.1, 0.15) is 24.5 Å². The molecule has 0 fully saturated rings. The van der Waals surface area contributed by atoms with E-state index in [1.54, 1.807) is 6.08 Å². The smallest absolute Gasteiger partial charge is 0.241 e. The molecule has 0 radical (unpaired) electrons. The van der Waals surface area contributed by atoms with Gasteiger partial charge in [-0.2, -0.15) is 0 Å². The molecule has 0 N–H and O–H groups in total. The molecule has 0 aromatic heterocycles. The maximum absolute atomic E-state index is 12.3. The number of benzene rings is 1. The summed E-state index contributed by atoms with van der Waals surface area (Å²) in [7, 11) is 0. The number of hydrogen-bond donors (Lipinski definition) is 0. The molecule has 4 heteroatoms. The van der Waals surface area contributed by atoms with Crippen molar-refractivity contribution in [3.8, 4) is 5.75 Å². The van der Waals surface area contributed by atoms with Gasteiger partial charge < -0.3 is 9.64 Å². The summed E-state index contributed by atoms with van der Waals surface area (Å²) in [6.45, 7) is 8.83. The van der Waals surface area contributed by atoms with Gasteiger partial charge in [-0.25, -0.2) is 0 Å². The molecule has 0 aliphatic carbocycles. The zero-order valence-electron chi connectivity index (χ0n) is 12.4. The fourth-order valence-electron chi connectivity index (χ4n) is 2.46. The Kier molecular flexibility index (Phi) is 5.23. The first-order valence-electron chi connectivity index (χ1n) is 7.08. The summed E-state index contributed by atoms with van der Waals surface area (Å²) in [6.07, 6.45) is 4.57. The Balaban J connectivity index is 2.32. The number of aryl methyl sites for hydroxylation is 1. The van der Waals surface area contributed by atoms with Gasteiger partial charge in [-0.1, -0.05) is 34.7 Å². The van der Waals surface area contributed by atoms with Crippen molar-refractivity contribution >= 4 is 27.5 Å². The second-order valence-corrected chi connectivity index (χ2v) is 6.06. The Bertz CT molecular complexity index is 580. The fourth-order valence-corrected chi connectivity index (χ4v) is 2.90. The number of carbonyl (C=O) groups excluding carboxylic acids is 1. The van der Waals surface area contributed by atoms with Gasteiger partial charge in [0.1, 0.15) is 12.4 Å². The van der Waals surface area contributed by atoms with Gasteiger partial charge in [0.15, 0.2) is 0 Å². The Morgan fingerprint density at radius 3 is 2.90 bits per heavy atom. The van der Waals surface area contributed by atoms with Crippen LogP contribution in [-0.2, 0) is 4.79 Å². The largest absolute Gasteiger partial charge is 0.490 e. The predicted octanol–water partition coefficient (Wildman–Crippen LogP) is 3.92. The van der Waals surface area contributed by atoms with E-state index in [2.05, 4.69) is 28.6 Å². The van der Waals surface area contributed by atoms with Crippen LogP contribution in [0.15, 0.2) is 36.9 Å². The van der Waals surface area contributed by atoms with Crippen molar-refractivity contribution in [1.29, 1.82) is 0 Å². The van der Waals surface area contributed by atoms with Crippen molar-refractivity contribution in [3.63, 3.8) is 0 Å². The summed E-state index contributed by atoms with van der Waals surface area (Å²) in [5.41, 5.74) is 3.17. The summed E-state index contributed by atoms with van der Waals surface area (Å²) in [6, 6.07) is 5.95. The molecule has 0 saturated heterocycles. The van der Waals surface area contributed by atoms with E-state index in [9.17, 15) is 4.79 Å². The van der Waals surface area contributed by atoms with E-state index in [0.29, 0.717) is 13.2 Å². The summed E-state index contributed by atoms with van der Waals surface area (Å²) < 4.78 is 5.54. The predicted molar refractivity (Wildman–Crippen MR) is 89.6 cm³/mol. The highest BCUT2D eigenvalue weighted by atomic mass is 79.9. The quantitative estimate of drug-likeness (QED) is 0.595. The van der Waals surface area contributed by atoms with Crippen LogP contribution in [0, 0.1) is 6.92 Å². The molecular formula is C17H20BrNO2. The van der Waals surface area contributed by atoms with Gasteiger partial charge in [-0.15, -0.1) is 0 Å². The van der Waals surface area contributed by atoms with Crippen molar-refractivity contribution in [3.05, 3.63) is 48.1 Å². The number of allylic oxidation sites excluding steroid dienone is 1. The third-order valence-corrected chi connectivity index (χ3v) is 4.27. The third kappa shape index (κ3) is 3.38. The molecule has 1 aromatic rings. The second-order valence-electron chi connectivity index (χ2n) is 4.95. The molecule has 0 bridgehead atoms. The second kappa shape index (κ2) is 6.94. The van der Waals surface area contributed by atoms with Crippen molar-refractivity contribution in [2.75, 3.05) is 13.2 Å². The zero-order valence-corrected chi connectivity index (χ0v) is 14.0. The summed E-state index contributed by atoms with van der Waals surface area (Å²) in [4.78, 5) is 14.0. The zero-order chi connectivity index (χ0) is 15.4. The average Bonchev–Trinajstić information content (AvgIpc) is 2.48. The number of alkyl halides is 1. The van der Waals surface area contributed by atoms with Crippen LogP contribution >= 0.6 is 15.9 Å². The number of halogens is 1. The van der Waals surface area contributed by atoms with Crippen LogP contribution in [-0.4, -0.2) is 28.8 Å². The minimum atomic E-state index is -0.114. The first kappa shape index (κ1) is 15.8. The van der Waals surface area contributed by atoms with E-state index in [1.807, 2.05) is 36.9 Å².